The molecule has 5 rings (SSSR count). The second kappa shape index (κ2) is 10.4. The van der Waals surface area contributed by atoms with E-state index in [4.69, 9.17) is 26.1 Å². The standard InChI is InChI=1S/C26H23ClN4O5S/c1-2-36-26-20(27)6-8-22(31-26)21-7-5-17-13-28-19(12-23(17)30-21)14-29-25(32)16-3-4-18-15-35-9-10-37(33,34)24(18)11-16/h3-8,11-13H,2,9-10,14-15H2,1H3,(H,29,32). The highest BCUT2D eigenvalue weighted by Gasteiger charge is 2.23. The average molecular weight is 539 g/mol. The number of amides is 1. The molecule has 1 N–H and O–H groups in total. The number of benzene rings is 1. The van der Waals surface area contributed by atoms with E-state index in [2.05, 4.69) is 15.3 Å². The Morgan fingerprint density at radius 2 is 1.92 bits per heavy atom. The number of rotatable bonds is 6. The molecule has 190 valence electrons. The molecule has 0 radical (unpaired) electrons. The normalized spacial score (nSPS) is 14.5. The predicted octanol–water partition coefficient (Wildman–Crippen LogP) is 3.98. The maximum atomic E-state index is 12.8. The van der Waals surface area contributed by atoms with E-state index in [1.165, 1.54) is 6.07 Å². The quantitative estimate of drug-likeness (QED) is 0.391. The van der Waals surface area contributed by atoms with Crippen LogP contribution in [0.25, 0.3) is 22.3 Å². The first-order valence-corrected chi connectivity index (χ1v) is 13.6. The molecule has 1 aromatic carbocycles. The Morgan fingerprint density at radius 1 is 1.11 bits per heavy atom. The van der Waals surface area contributed by atoms with Crippen LogP contribution in [0.3, 0.4) is 0 Å². The third-order valence-electron chi connectivity index (χ3n) is 5.84. The van der Waals surface area contributed by atoms with Gasteiger partial charge >= 0.3 is 0 Å². The largest absolute Gasteiger partial charge is 0.477 e. The SMILES string of the molecule is CCOc1nc(-c2ccc3cnc(CNC(=O)c4ccc5c(c4)S(=O)(=O)CCOC5)cc3n2)ccc1Cl. The number of sulfone groups is 1. The van der Waals surface area contributed by atoms with Crippen LogP contribution in [0, 0.1) is 0 Å². The summed E-state index contributed by atoms with van der Waals surface area (Å²) in [6.45, 7) is 2.77. The summed E-state index contributed by atoms with van der Waals surface area (Å²) in [6, 6.07) is 13.6. The summed E-state index contributed by atoms with van der Waals surface area (Å²) in [5.41, 5.74) is 3.34. The molecule has 0 saturated heterocycles. The van der Waals surface area contributed by atoms with Gasteiger partial charge in [-0.1, -0.05) is 17.7 Å². The zero-order chi connectivity index (χ0) is 26.0. The van der Waals surface area contributed by atoms with Gasteiger partial charge in [-0.05, 0) is 55.0 Å². The summed E-state index contributed by atoms with van der Waals surface area (Å²) in [5, 5.41) is 4.06. The zero-order valence-electron chi connectivity index (χ0n) is 19.9. The van der Waals surface area contributed by atoms with E-state index in [0.717, 1.165) is 5.39 Å². The minimum Gasteiger partial charge on any atom is -0.477 e. The van der Waals surface area contributed by atoms with Crippen molar-refractivity contribution in [2.24, 2.45) is 0 Å². The molecule has 1 aliphatic rings. The number of ether oxygens (including phenoxy) is 2. The van der Waals surface area contributed by atoms with Gasteiger partial charge in [0.25, 0.3) is 5.91 Å². The van der Waals surface area contributed by atoms with Crippen molar-refractivity contribution in [3.05, 3.63) is 76.6 Å². The van der Waals surface area contributed by atoms with Crippen molar-refractivity contribution in [3.8, 4) is 17.3 Å². The zero-order valence-corrected chi connectivity index (χ0v) is 21.5. The second-order valence-electron chi connectivity index (χ2n) is 8.36. The van der Waals surface area contributed by atoms with Gasteiger partial charge in [0.2, 0.25) is 5.88 Å². The van der Waals surface area contributed by atoms with Gasteiger partial charge in [0.15, 0.2) is 9.84 Å². The Kier molecular flexibility index (Phi) is 7.05. The topological polar surface area (TPSA) is 120 Å². The number of hydrogen-bond donors (Lipinski definition) is 1. The summed E-state index contributed by atoms with van der Waals surface area (Å²) in [5.74, 6) is -0.167. The Labute approximate surface area is 218 Å². The van der Waals surface area contributed by atoms with Crippen molar-refractivity contribution < 1.29 is 22.7 Å². The van der Waals surface area contributed by atoms with Crippen LogP contribution in [0.4, 0.5) is 0 Å². The molecule has 0 aliphatic carbocycles. The number of pyridine rings is 3. The first-order valence-electron chi connectivity index (χ1n) is 11.6. The highest BCUT2D eigenvalue weighted by molar-refractivity contribution is 7.91. The molecule has 3 aromatic heterocycles. The number of aromatic nitrogens is 3. The number of carbonyl (C=O) groups is 1. The van der Waals surface area contributed by atoms with Crippen molar-refractivity contribution in [2.45, 2.75) is 25.0 Å². The van der Waals surface area contributed by atoms with Gasteiger partial charge in [-0.25, -0.2) is 18.4 Å². The van der Waals surface area contributed by atoms with Gasteiger partial charge in [-0.2, -0.15) is 0 Å². The second-order valence-corrected chi connectivity index (χ2v) is 10.8. The van der Waals surface area contributed by atoms with E-state index < -0.39 is 15.7 Å². The Morgan fingerprint density at radius 3 is 2.76 bits per heavy atom. The number of nitrogens with one attached hydrogen (secondary N) is 1. The smallest absolute Gasteiger partial charge is 0.251 e. The van der Waals surface area contributed by atoms with Crippen LogP contribution in [0.1, 0.15) is 28.5 Å². The number of hydrogen-bond acceptors (Lipinski definition) is 8. The van der Waals surface area contributed by atoms with Crippen LogP contribution in [-0.4, -0.2) is 48.2 Å². The molecule has 37 heavy (non-hydrogen) atoms. The van der Waals surface area contributed by atoms with Crippen molar-refractivity contribution >= 4 is 38.2 Å². The van der Waals surface area contributed by atoms with Crippen molar-refractivity contribution in [1.82, 2.24) is 20.3 Å². The molecule has 0 saturated carbocycles. The molecule has 4 heterocycles. The van der Waals surface area contributed by atoms with E-state index >= 15 is 0 Å². The van der Waals surface area contributed by atoms with Crippen LogP contribution in [0.2, 0.25) is 5.02 Å². The van der Waals surface area contributed by atoms with Crippen LogP contribution in [-0.2, 0) is 27.7 Å². The van der Waals surface area contributed by atoms with E-state index in [-0.39, 0.29) is 36.0 Å². The molecular formula is C26H23ClN4O5S. The van der Waals surface area contributed by atoms with Gasteiger partial charge < -0.3 is 14.8 Å². The highest BCUT2D eigenvalue weighted by atomic mass is 35.5. The van der Waals surface area contributed by atoms with Crippen molar-refractivity contribution in [2.75, 3.05) is 19.0 Å². The lowest BCUT2D eigenvalue weighted by atomic mass is 10.1. The molecule has 0 spiro atoms. The maximum absolute atomic E-state index is 12.8. The van der Waals surface area contributed by atoms with E-state index in [0.29, 0.717) is 45.7 Å². The van der Waals surface area contributed by atoms with Crippen LogP contribution in [0.5, 0.6) is 5.88 Å². The first kappa shape index (κ1) is 25.1. The molecule has 4 aromatic rings. The summed E-state index contributed by atoms with van der Waals surface area (Å²) in [7, 11) is -3.51. The monoisotopic (exact) mass is 538 g/mol. The molecular weight excluding hydrogens is 516 g/mol. The molecule has 0 atom stereocenters. The summed E-state index contributed by atoms with van der Waals surface area (Å²) in [4.78, 5) is 26.5. The fourth-order valence-electron chi connectivity index (χ4n) is 3.94. The minimum atomic E-state index is -3.51. The fourth-order valence-corrected chi connectivity index (χ4v) is 5.49. The third kappa shape index (κ3) is 5.41. The van der Waals surface area contributed by atoms with Gasteiger partial charge in [-0.15, -0.1) is 0 Å². The molecule has 0 unspecified atom stereocenters. The van der Waals surface area contributed by atoms with Gasteiger partial charge in [0.1, 0.15) is 5.02 Å². The number of fused-ring (bicyclic) bond motifs is 2. The lowest BCUT2D eigenvalue weighted by Crippen LogP contribution is -2.23. The van der Waals surface area contributed by atoms with Crippen LogP contribution < -0.4 is 10.1 Å². The minimum absolute atomic E-state index is 0.112. The first-order chi connectivity index (χ1) is 17.8. The molecule has 9 nitrogen and oxygen atoms in total. The van der Waals surface area contributed by atoms with Gasteiger partial charge in [0, 0.05) is 17.1 Å². The van der Waals surface area contributed by atoms with Crippen molar-refractivity contribution in [1.29, 1.82) is 0 Å². The lowest BCUT2D eigenvalue weighted by molar-refractivity contribution is 0.0950. The molecule has 1 amide bonds. The highest BCUT2D eigenvalue weighted by Crippen LogP contribution is 2.27. The van der Waals surface area contributed by atoms with E-state index in [1.54, 1.807) is 36.5 Å². The molecule has 1 aliphatic heterocycles. The Hall–Kier alpha value is -3.60. The predicted molar refractivity (Wildman–Crippen MR) is 138 cm³/mol. The summed E-state index contributed by atoms with van der Waals surface area (Å²) >= 11 is 6.15. The van der Waals surface area contributed by atoms with Crippen LogP contribution >= 0.6 is 11.6 Å². The van der Waals surface area contributed by atoms with Crippen LogP contribution in [0.15, 0.2) is 59.6 Å². The molecule has 0 fully saturated rings. The Balaban J connectivity index is 1.35. The van der Waals surface area contributed by atoms with Crippen molar-refractivity contribution in [3.63, 3.8) is 0 Å². The number of carbonyl (C=O) groups excluding carboxylic acids is 1. The molecule has 0 bridgehead atoms. The third-order valence-corrected chi connectivity index (χ3v) is 7.88. The Bertz CT molecular complexity index is 1610. The lowest BCUT2D eigenvalue weighted by Gasteiger charge is -2.10. The summed E-state index contributed by atoms with van der Waals surface area (Å²) < 4.78 is 35.9. The molecule has 11 heteroatoms. The van der Waals surface area contributed by atoms with E-state index in [1.807, 2.05) is 19.1 Å². The van der Waals surface area contributed by atoms with Gasteiger partial charge in [0.05, 0.1) is 59.6 Å². The summed E-state index contributed by atoms with van der Waals surface area (Å²) in [6.07, 6.45) is 1.68. The maximum Gasteiger partial charge on any atom is 0.251 e. The number of nitrogens with zero attached hydrogens (tertiary/aromatic N) is 3. The fraction of sp³-hybridized carbons (Fsp3) is 0.231. The number of halogens is 1. The van der Waals surface area contributed by atoms with E-state index in [9.17, 15) is 13.2 Å². The van der Waals surface area contributed by atoms with Gasteiger partial charge in [-0.3, -0.25) is 9.78 Å². The average Bonchev–Trinajstić information content (AvgIpc) is 3.05.